The molecule has 4 rings (SSSR count). The first-order valence-corrected chi connectivity index (χ1v) is 16.5. The number of carbonyl (C=O) groups excluding carboxylic acids is 3. The molecular weight excluding hydrogens is 626 g/mol. The Morgan fingerprint density at radius 1 is 1.27 bits per heavy atom. The van der Waals surface area contributed by atoms with Crippen LogP contribution in [0.15, 0.2) is 43.5 Å². The Balaban J connectivity index is 1.89. The second-order valence-electron chi connectivity index (χ2n) is 11.6. The fourth-order valence-corrected chi connectivity index (χ4v) is 11.0. The number of carbonyl (C=O) groups is 3. The van der Waals surface area contributed by atoms with Gasteiger partial charge < -0.3 is 19.8 Å². The minimum absolute atomic E-state index is 0.0468. The predicted octanol–water partition coefficient (Wildman–Crippen LogP) is 5.07. The van der Waals surface area contributed by atoms with Crippen LogP contribution >= 0.6 is 39.3 Å². The van der Waals surface area contributed by atoms with Crippen molar-refractivity contribution in [2.24, 2.45) is 17.8 Å². The van der Waals surface area contributed by atoms with Crippen LogP contribution in [-0.4, -0.2) is 85.8 Å². The number of hydrogen-bond acceptors (Lipinski definition) is 5. The second kappa shape index (κ2) is 12.8. The van der Waals surface area contributed by atoms with Crippen LogP contribution < -0.4 is 4.90 Å². The molecule has 3 heterocycles. The van der Waals surface area contributed by atoms with Crippen molar-refractivity contribution in [1.29, 1.82) is 0 Å². The molecule has 10 heteroatoms. The highest BCUT2D eigenvalue weighted by Crippen LogP contribution is 2.68. The number of amides is 3. The molecule has 3 fully saturated rings. The molecule has 1 N–H and O–H groups in total. The highest BCUT2D eigenvalue weighted by atomic mass is 79.9. The lowest BCUT2D eigenvalue weighted by Gasteiger charge is -2.41. The first-order chi connectivity index (χ1) is 19.5. The largest absolute Gasteiger partial charge is 0.394 e. The van der Waals surface area contributed by atoms with E-state index in [1.807, 2.05) is 39.8 Å². The summed E-state index contributed by atoms with van der Waals surface area (Å²) >= 11 is 12.1. The zero-order chi connectivity index (χ0) is 30.2. The summed E-state index contributed by atoms with van der Waals surface area (Å²) in [7, 11) is 0. The number of hydrogen-bond donors (Lipinski definition) is 1. The molecule has 0 aliphatic carbocycles. The number of thioether (sulfide) groups is 1. The normalized spacial score (nSPS) is 29.0. The molecule has 3 aliphatic heterocycles. The lowest BCUT2D eigenvalue weighted by Crippen LogP contribution is -2.59. The molecule has 41 heavy (non-hydrogen) atoms. The van der Waals surface area contributed by atoms with Gasteiger partial charge in [0.05, 0.1) is 39.9 Å². The number of likely N-dealkylation sites (tertiary alicyclic amines) is 1. The van der Waals surface area contributed by atoms with Crippen LogP contribution in [0.4, 0.5) is 5.69 Å². The maximum Gasteiger partial charge on any atom is 0.251 e. The van der Waals surface area contributed by atoms with Gasteiger partial charge in [0, 0.05) is 29.7 Å². The van der Waals surface area contributed by atoms with Crippen molar-refractivity contribution in [3.63, 3.8) is 0 Å². The van der Waals surface area contributed by atoms with Crippen molar-refractivity contribution in [3.8, 4) is 0 Å². The molecule has 0 aromatic heterocycles. The summed E-state index contributed by atoms with van der Waals surface area (Å²) in [5.74, 6) is -1.95. The molecular formula is C31H41BrClN3O4S. The van der Waals surface area contributed by atoms with Crippen LogP contribution in [0.25, 0.3) is 0 Å². The number of rotatable bonds is 12. The lowest BCUT2D eigenvalue weighted by molar-refractivity contribution is -0.146. The van der Waals surface area contributed by atoms with Gasteiger partial charge in [0.25, 0.3) is 5.91 Å². The van der Waals surface area contributed by atoms with E-state index in [9.17, 15) is 19.5 Å². The SMILES string of the molecule is C=CCN(CCC)C(=O)[C@H]1[C@@H]2SC3(CC2Br)C(C(=O)N(CC=C)c2c(C)cccc2Cl)N([C@@H](CO)C(C)C)C(=O)[C@H]13. The lowest BCUT2D eigenvalue weighted by atomic mass is 9.70. The molecule has 3 amide bonds. The van der Waals surface area contributed by atoms with Crippen molar-refractivity contribution < 1.29 is 19.5 Å². The third-order valence-electron chi connectivity index (χ3n) is 8.75. The number of nitrogens with zero attached hydrogens (tertiary/aromatic N) is 3. The molecule has 3 saturated heterocycles. The zero-order valence-electron chi connectivity index (χ0n) is 24.3. The Bertz CT molecular complexity index is 1190. The molecule has 2 bridgehead atoms. The third-order valence-corrected chi connectivity index (χ3v) is 12.3. The van der Waals surface area contributed by atoms with Gasteiger partial charge in [-0.15, -0.1) is 24.9 Å². The summed E-state index contributed by atoms with van der Waals surface area (Å²) in [6.07, 6.45) is 4.71. The van der Waals surface area contributed by atoms with E-state index in [0.717, 1.165) is 12.0 Å². The number of halogens is 2. The monoisotopic (exact) mass is 665 g/mol. The van der Waals surface area contributed by atoms with Gasteiger partial charge in [-0.1, -0.05) is 72.6 Å². The van der Waals surface area contributed by atoms with E-state index in [-0.39, 0.29) is 46.9 Å². The highest BCUT2D eigenvalue weighted by molar-refractivity contribution is 9.09. The van der Waals surface area contributed by atoms with E-state index in [1.165, 1.54) is 0 Å². The molecule has 224 valence electrons. The zero-order valence-corrected chi connectivity index (χ0v) is 27.4. The number of anilines is 1. The Hall–Kier alpha value is -1.81. The maximum absolute atomic E-state index is 14.9. The number of aliphatic hydroxyl groups excluding tert-OH is 1. The molecule has 1 aromatic rings. The first kappa shape index (κ1) is 32.1. The van der Waals surface area contributed by atoms with Crippen molar-refractivity contribution in [2.45, 2.75) is 67.4 Å². The summed E-state index contributed by atoms with van der Waals surface area (Å²) in [4.78, 5) is 48.6. The van der Waals surface area contributed by atoms with Gasteiger partial charge in [0.2, 0.25) is 11.8 Å². The summed E-state index contributed by atoms with van der Waals surface area (Å²) in [6, 6.07) is 4.01. The van der Waals surface area contributed by atoms with Crippen molar-refractivity contribution in [2.75, 3.05) is 31.1 Å². The van der Waals surface area contributed by atoms with Gasteiger partial charge in [0.15, 0.2) is 0 Å². The van der Waals surface area contributed by atoms with Gasteiger partial charge in [0.1, 0.15) is 6.04 Å². The number of aryl methyl sites for hydroxylation is 1. The van der Waals surface area contributed by atoms with Gasteiger partial charge in [-0.05, 0) is 37.3 Å². The number of aliphatic hydroxyl groups is 1. The molecule has 3 aliphatic rings. The van der Waals surface area contributed by atoms with E-state index in [0.29, 0.717) is 30.2 Å². The van der Waals surface area contributed by atoms with Crippen molar-refractivity contribution in [3.05, 3.63) is 54.1 Å². The Labute approximate surface area is 261 Å². The summed E-state index contributed by atoms with van der Waals surface area (Å²) in [6.45, 7) is 16.4. The summed E-state index contributed by atoms with van der Waals surface area (Å²) in [5.41, 5.74) is 1.41. The quantitative estimate of drug-likeness (QED) is 0.249. The van der Waals surface area contributed by atoms with E-state index >= 15 is 0 Å². The summed E-state index contributed by atoms with van der Waals surface area (Å²) < 4.78 is -0.837. The van der Waals surface area contributed by atoms with Crippen LogP contribution in [0.2, 0.25) is 5.02 Å². The maximum atomic E-state index is 14.9. The van der Waals surface area contributed by atoms with E-state index in [1.54, 1.807) is 44.7 Å². The van der Waals surface area contributed by atoms with E-state index in [2.05, 4.69) is 29.1 Å². The average molecular weight is 667 g/mol. The highest BCUT2D eigenvalue weighted by Gasteiger charge is 2.76. The molecule has 1 aromatic carbocycles. The number of para-hydroxylation sites is 1. The van der Waals surface area contributed by atoms with Crippen LogP contribution in [0.3, 0.4) is 0 Å². The fourth-order valence-electron chi connectivity index (χ4n) is 7.07. The van der Waals surface area contributed by atoms with Crippen molar-refractivity contribution in [1.82, 2.24) is 9.80 Å². The Morgan fingerprint density at radius 2 is 1.95 bits per heavy atom. The van der Waals surface area contributed by atoms with E-state index < -0.39 is 28.7 Å². The van der Waals surface area contributed by atoms with Crippen LogP contribution in [0.1, 0.15) is 39.2 Å². The van der Waals surface area contributed by atoms with Gasteiger partial charge in [-0.25, -0.2) is 0 Å². The predicted molar refractivity (Wildman–Crippen MR) is 171 cm³/mol. The van der Waals surface area contributed by atoms with Gasteiger partial charge >= 0.3 is 0 Å². The smallest absolute Gasteiger partial charge is 0.251 e. The molecule has 7 nitrogen and oxygen atoms in total. The second-order valence-corrected chi connectivity index (χ2v) is 14.7. The minimum Gasteiger partial charge on any atom is -0.394 e. The van der Waals surface area contributed by atoms with Crippen molar-refractivity contribution >= 4 is 62.7 Å². The average Bonchev–Trinajstić information content (AvgIpc) is 3.51. The molecule has 7 atom stereocenters. The summed E-state index contributed by atoms with van der Waals surface area (Å²) in [5, 5.41) is 10.8. The third kappa shape index (κ3) is 5.30. The number of benzene rings is 1. The molecule has 1 spiro atoms. The number of alkyl halides is 1. The van der Waals surface area contributed by atoms with Gasteiger partial charge in [-0.3, -0.25) is 14.4 Å². The standard InChI is InChI=1S/C31H41BrClN3O4S/c1-7-13-34(14-8-2)28(38)23-24-29(39)36(22(17-37)18(4)5)27(31(24)16-20(32)26(23)41-31)30(40)35(15-9-3)25-19(6)11-10-12-21(25)33/h7,9-12,18,20,22-24,26-27,37H,1,3,8,13-17H2,2,4-6H3/t20?,22-,23+,24-,26+,27?,31?/m0/s1. The Morgan fingerprint density at radius 3 is 2.51 bits per heavy atom. The van der Waals surface area contributed by atoms with Crippen LogP contribution in [0, 0.1) is 24.7 Å². The first-order valence-electron chi connectivity index (χ1n) is 14.3. The number of fused-ring (bicyclic) bond motifs is 1. The molecule has 0 saturated carbocycles. The van der Waals surface area contributed by atoms with Crippen LogP contribution in [0.5, 0.6) is 0 Å². The topological polar surface area (TPSA) is 81.2 Å². The Kier molecular flexibility index (Phi) is 10.0. The molecule has 3 unspecified atom stereocenters. The van der Waals surface area contributed by atoms with Crippen LogP contribution in [-0.2, 0) is 14.4 Å². The fraction of sp³-hybridized carbons (Fsp3) is 0.581. The van der Waals surface area contributed by atoms with Gasteiger partial charge in [-0.2, -0.15) is 0 Å². The van der Waals surface area contributed by atoms with E-state index in [4.69, 9.17) is 11.6 Å². The molecule has 0 radical (unpaired) electrons. The minimum atomic E-state index is -0.887.